The Kier molecular flexibility index (Phi) is 4.14. The third kappa shape index (κ3) is 2.76. The molecule has 4 aliphatic rings. The number of nitrogens with zero attached hydrogens (tertiary/aromatic N) is 4. The summed E-state index contributed by atoms with van der Waals surface area (Å²) >= 11 is 0. The number of piperidine rings is 3. The smallest absolute Gasteiger partial charge is 0.213 e. The van der Waals surface area contributed by atoms with Gasteiger partial charge in [-0.25, -0.2) is 15.0 Å². The second-order valence-corrected chi connectivity index (χ2v) is 7.17. The number of hydrogen-bond acceptors (Lipinski definition) is 5. The van der Waals surface area contributed by atoms with E-state index in [4.69, 9.17) is 4.74 Å². The van der Waals surface area contributed by atoms with E-state index < -0.39 is 0 Å². The molecule has 1 saturated carbocycles. The van der Waals surface area contributed by atoms with E-state index in [2.05, 4.69) is 19.9 Å². The van der Waals surface area contributed by atoms with Gasteiger partial charge in [-0.2, -0.15) is 0 Å². The van der Waals surface area contributed by atoms with Crippen molar-refractivity contribution in [3.05, 3.63) is 37.1 Å². The lowest BCUT2D eigenvalue weighted by molar-refractivity contribution is -0.0997. The molecule has 0 radical (unpaired) electrons. The zero-order chi connectivity index (χ0) is 15.2. The van der Waals surface area contributed by atoms with Crippen LogP contribution < -0.4 is 4.74 Å². The predicted molar refractivity (Wildman–Crippen MR) is 93.1 cm³/mol. The number of rotatable bonds is 3. The summed E-state index contributed by atoms with van der Waals surface area (Å²) < 4.78 is 6.31. The van der Waals surface area contributed by atoms with Gasteiger partial charge in [0.15, 0.2) is 0 Å². The zero-order valence-corrected chi connectivity index (χ0v) is 14.2. The van der Waals surface area contributed by atoms with E-state index in [9.17, 15) is 0 Å². The molecule has 24 heavy (non-hydrogen) atoms. The largest absolute Gasteiger partial charge is 0.474 e. The molecule has 0 spiro atoms. The Bertz CT molecular complexity index is 666. The minimum atomic E-state index is 0. The van der Waals surface area contributed by atoms with Crippen LogP contribution in [0.3, 0.4) is 0 Å². The fourth-order valence-electron chi connectivity index (χ4n) is 4.76. The SMILES string of the molecule is Cl.c1ncc(-c2ccc(OC3[C@H]4CC5C[C@H]3CN(C5)C4)nc2)cn1. The molecule has 2 atom stereocenters. The minimum absolute atomic E-state index is 0. The molecule has 6 rings (SSSR count). The second-order valence-electron chi connectivity index (χ2n) is 7.17. The fraction of sp³-hybridized carbons (Fsp3) is 0.500. The van der Waals surface area contributed by atoms with E-state index >= 15 is 0 Å². The standard InChI is InChI=1S/C18H20N4O.ClH/c1-2-17(21-7-13(1)16-5-19-11-20-6-16)23-18-14-3-12-4-15(18)10-22(8-12)9-14;/h1-2,5-7,11-12,14-15,18H,3-4,8-10H2;1H/t12?,14-,15-,18?;/m0./s1. The topological polar surface area (TPSA) is 51.1 Å². The Balaban J connectivity index is 0.00000146. The molecule has 126 valence electrons. The number of aromatic nitrogens is 3. The first kappa shape index (κ1) is 15.8. The highest BCUT2D eigenvalue weighted by atomic mass is 35.5. The van der Waals surface area contributed by atoms with Gasteiger partial charge in [0.25, 0.3) is 0 Å². The van der Waals surface area contributed by atoms with Crippen LogP contribution in [0.15, 0.2) is 37.1 Å². The van der Waals surface area contributed by atoms with Crippen LogP contribution in [0, 0.1) is 17.8 Å². The average Bonchev–Trinajstić information content (AvgIpc) is 2.59. The maximum absolute atomic E-state index is 6.31. The molecular weight excluding hydrogens is 324 g/mol. The number of ether oxygens (including phenoxy) is 1. The van der Waals surface area contributed by atoms with E-state index in [1.165, 1.54) is 38.8 Å². The molecule has 4 fully saturated rings. The molecule has 0 N–H and O–H groups in total. The van der Waals surface area contributed by atoms with E-state index in [1.807, 2.05) is 18.3 Å². The molecule has 0 aromatic carbocycles. The molecule has 5 heterocycles. The fourth-order valence-corrected chi connectivity index (χ4v) is 4.76. The average molecular weight is 345 g/mol. The second kappa shape index (κ2) is 6.30. The van der Waals surface area contributed by atoms with Gasteiger partial charge in [-0.3, -0.25) is 0 Å². The van der Waals surface area contributed by atoms with Crippen molar-refractivity contribution >= 4 is 12.4 Å². The highest BCUT2D eigenvalue weighted by Gasteiger charge is 2.48. The zero-order valence-electron chi connectivity index (χ0n) is 13.4. The molecule has 6 heteroatoms. The van der Waals surface area contributed by atoms with Crippen molar-refractivity contribution in [3.63, 3.8) is 0 Å². The molecule has 5 nitrogen and oxygen atoms in total. The summed E-state index contributed by atoms with van der Waals surface area (Å²) in [6.45, 7) is 3.72. The van der Waals surface area contributed by atoms with Crippen LogP contribution in [0.2, 0.25) is 0 Å². The van der Waals surface area contributed by atoms with Crippen molar-refractivity contribution in [2.24, 2.45) is 17.8 Å². The molecule has 3 aliphatic heterocycles. The van der Waals surface area contributed by atoms with Crippen LogP contribution in [0.25, 0.3) is 11.1 Å². The summed E-state index contributed by atoms with van der Waals surface area (Å²) in [7, 11) is 0. The molecule has 3 saturated heterocycles. The van der Waals surface area contributed by atoms with E-state index in [0.29, 0.717) is 17.9 Å². The molecule has 0 amide bonds. The Morgan fingerprint density at radius 2 is 1.67 bits per heavy atom. The van der Waals surface area contributed by atoms with Crippen LogP contribution in [-0.2, 0) is 0 Å². The summed E-state index contributed by atoms with van der Waals surface area (Å²) in [5.74, 6) is 3.02. The van der Waals surface area contributed by atoms with Gasteiger partial charge < -0.3 is 9.64 Å². The van der Waals surface area contributed by atoms with Gasteiger partial charge in [0.1, 0.15) is 12.4 Å². The number of halogens is 1. The van der Waals surface area contributed by atoms with Crippen LogP contribution >= 0.6 is 12.4 Å². The molecule has 2 aromatic rings. The van der Waals surface area contributed by atoms with Gasteiger partial charge in [0.2, 0.25) is 5.88 Å². The summed E-state index contributed by atoms with van der Waals surface area (Å²) in [6, 6.07) is 4.02. The summed E-state index contributed by atoms with van der Waals surface area (Å²) in [5.41, 5.74) is 2.00. The minimum Gasteiger partial charge on any atom is -0.474 e. The van der Waals surface area contributed by atoms with Gasteiger partial charge in [-0.1, -0.05) is 0 Å². The van der Waals surface area contributed by atoms with Gasteiger partial charge in [0.05, 0.1) is 0 Å². The molecule has 4 bridgehead atoms. The highest BCUT2D eigenvalue weighted by Crippen LogP contribution is 2.44. The normalized spacial score (nSPS) is 33.1. The lowest BCUT2D eigenvalue weighted by atomic mass is 9.66. The Morgan fingerprint density at radius 1 is 0.917 bits per heavy atom. The van der Waals surface area contributed by atoms with E-state index in [1.54, 1.807) is 12.4 Å². The monoisotopic (exact) mass is 344 g/mol. The maximum Gasteiger partial charge on any atom is 0.213 e. The van der Waals surface area contributed by atoms with Gasteiger partial charge in [-0.05, 0) is 24.8 Å². The Hall–Kier alpha value is -1.72. The Labute approximate surface area is 147 Å². The first-order valence-corrected chi connectivity index (χ1v) is 8.45. The van der Waals surface area contributed by atoms with Crippen LogP contribution in [0.5, 0.6) is 5.88 Å². The van der Waals surface area contributed by atoms with Gasteiger partial charge in [-0.15, -0.1) is 12.4 Å². The first-order valence-electron chi connectivity index (χ1n) is 8.45. The third-order valence-corrected chi connectivity index (χ3v) is 5.59. The van der Waals surface area contributed by atoms with E-state index in [0.717, 1.165) is 22.9 Å². The lowest BCUT2D eigenvalue weighted by Crippen LogP contribution is -2.61. The van der Waals surface area contributed by atoms with Crippen molar-refractivity contribution in [1.29, 1.82) is 0 Å². The van der Waals surface area contributed by atoms with Crippen LogP contribution in [-0.4, -0.2) is 45.6 Å². The summed E-state index contributed by atoms with van der Waals surface area (Å²) in [4.78, 5) is 15.2. The van der Waals surface area contributed by atoms with Crippen LogP contribution in [0.1, 0.15) is 12.8 Å². The molecular formula is C18H21ClN4O. The van der Waals surface area contributed by atoms with Crippen molar-refractivity contribution in [3.8, 4) is 17.0 Å². The summed E-state index contributed by atoms with van der Waals surface area (Å²) in [5, 5.41) is 0. The molecule has 0 unspecified atom stereocenters. The Morgan fingerprint density at radius 3 is 2.29 bits per heavy atom. The van der Waals surface area contributed by atoms with E-state index in [-0.39, 0.29) is 12.4 Å². The number of pyridine rings is 1. The lowest BCUT2D eigenvalue weighted by Gasteiger charge is -2.55. The van der Waals surface area contributed by atoms with Crippen molar-refractivity contribution in [2.75, 3.05) is 19.6 Å². The molecule has 2 aromatic heterocycles. The highest BCUT2D eigenvalue weighted by molar-refractivity contribution is 5.85. The van der Waals surface area contributed by atoms with Gasteiger partial charge >= 0.3 is 0 Å². The predicted octanol–water partition coefficient (Wildman–Crippen LogP) is 2.68. The third-order valence-electron chi connectivity index (χ3n) is 5.59. The van der Waals surface area contributed by atoms with Crippen molar-refractivity contribution in [2.45, 2.75) is 18.9 Å². The van der Waals surface area contributed by atoms with Crippen LogP contribution in [0.4, 0.5) is 0 Å². The van der Waals surface area contributed by atoms with Crippen molar-refractivity contribution < 1.29 is 4.74 Å². The molecule has 1 aliphatic carbocycles. The van der Waals surface area contributed by atoms with Crippen molar-refractivity contribution in [1.82, 2.24) is 19.9 Å². The van der Waals surface area contributed by atoms with Gasteiger partial charge in [0, 0.05) is 67.3 Å². The summed E-state index contributed by atoms with van der Waals surface area (Å²) in [6.07, 6.45) is 10.0. The quantitative estimate of drug-likeness (QED) is 0.856. The number of hydrogen-bond donors (Lipinski definition) is 0. The first-order chi connectivity index (χ1) is 11.3. The maximum atomic E-state index is 6.31.